The molecule has 3 rings (SSSR count). The van der Waals surface area contributed by atoms with Crippen molar-refractivity contribution in [3.63, 3.8) is 0 Å². The summed E-state index contributed by atoms with van der Waals surface area (Å²) in [6.07, 6.45) is 4.00. The first-order chi connectivity index (χ1) is 9.22. The number of hydrogen-bond acceptors (Lipinski definition) is 3. The average Bonchev–Trinajstić information content (AvgIpc) is 3.04. The Morgan fingerprint density at radius 3 is 2.95 bits per heavy atom. The molecule has 0 spiro atoms. The Labute approximate surface area is 111 Å². The lowest BCUT2D eigenvalue weighted by Crippen LogP contribution is -1.97. The number of carbonyl (C=O) groups is 1. The maximum Gasteiger partial charge on any atom is 0.303 e. The molecule has 0 aliphatic heterocycles. The van der Waals surface area contributed by atoms with E-state index in [1.807, 2.05) is 12.1 Å². The third-order valence-electron chi connectivity index (χ3n) is 3.54. The van der Waals surface area contributed by atoms with Gasteiger partial charge in [0.2, 0.25) is 0 Å². The standard InChI is InChI=1S/C15H15NO3/c17-15(18)7-6-13-9-14(19-16-13)12-5-4-10-2-1-3-11(10)8-12/h4-5,8-9H,1-3,6-7H2,(H,17,18). The van der Waals surface area contributed by atoms with Crippen LogP contribution in [0, 0.1) is 0 Å². The highest BCUT2D eigenvalue weighted by molar-refractivity contribution is 5.67. The molecular formula is C15H15NO3. The van der Waals surface area contributed by atoms with Crippen LogP contribution in [0.1, 0.15) is 29.7 Å². The molecular weight excluding hydrogens is 242 g/mol. The molecule has 0 unspecified atom stereocenters. The Kier molecular flexibility index (Phi) is 3.07. The van der Waals surface area contributed by atoms with E-state index in [2.05, 4.69) is 17.3 Å². The minimum absolute atomic E-state index is 0.0795. The van der Waals surface area contributed by atoms with Crippen LogP contribution in [-0.2, 0) is 24.1 Å². The van der Waals surface area contributed by atoms with Crippen LogP contribution in [0.25, 0.3) is 11.3 Å². The number of benzene rings is 1. The Morgan fingerprint density at radius 1 is 1.26 bits per heavy atom. The van der Waals surface area contributed by atoms with Gasteiger partial charge in [0.05, 0.1) is 12.1 Å². The van der Waals surface area contributed by atoms with Gasteiger partial charge < -0.3 is 9.63 Å². The molecule has 0 amide bonds. The highest BCUT2D eigenvalue weighted by atomic mass is 16.5. The molecule has 1 aliphatic carbocycles. The van der Waals surface area contributed by atoms with Gasteiger partial charge in [0, 0.05) is 18.1 Å². The minimum atomic E-state index is -0.818. The molecule has 98 valence electrons. The van der Waals surface area contributed by atoms with Crippen molar-refractivity contribution in [3.8, 4) is 11.3 Å². The fourth-order valence-electron chi connectivity index (χ4n) is 2.53. The molecule has 1 aromatic carbocycles. The van der Waals surface area contributed by atoms with E-state index in [4.69, 9.17) is 9.63 Å². The second kappa shape index (κ2) is 4.88. The van der Waals surface area contributed by atoms with E-state index in [0.29, 0.717) is 12.1 Å². The monoisotopic (exact) mass is 257 g/mol. The Morgan fingerprint density at radius 2 is 2.11 bits per heavy atom. The fourth-order valence-corrected chi connectivity index (χ4v) is 2.53. The van der Waals surface area contributed by atoms with Crippen LogP contribution in [0.3, 0.4) is 0 Å². The Bertz CT molecular complexity index is 616. The second-order valence-corrected chi connectivity index (χ2v) is 4.91. The van der Waals surface area contributed by atoms with Gasteiger partial charge >= 0.3 is 5.97 Å². The van der Waals surface area contributed by atoms with Gasteiger partial charge in [0.15, 0.2) is 5.76 Å². The van der Waals surface area contributed by atoms with Crippen LogP contribution in [0.2, 0.25) is 0 Å². The van der Waals surface area contributed by atoms with Crippen molar-refractivity contribution < 1.29 is 14.4 Å². The topological polar surface area (TPSA) is 63.3 Å². The molecule has 0 radical (unpaired) electrons. The van der Waals surface area contributed by atoms with Crippen molar-refractivity contribution >= 4 is 5.97 Å². The Balaban J connectivity index is 1.80. The van der Waals surface area contributed by atoms with Gasteiger partial charge in [-0.3, -0.25) is 4.79 Å². The number of fused-ring (bicyclic) bond motifs is 1. The van der Waals surface area contributed by atoms with E-state index in [-0.39, 0.29) is 6.42 Å². The molecule has 0 saturated carbocycles. The average molecular weight is 257 g/mol. The number of carboxylic acids is 1. The van der Waals surface area contributed by atoms with Gasteiger partial charge in [-0.05, 0) is 36.5 Å². The van der Waals surface area contributed by atoms with Gasteiger partial charge in [0.1, 0.15) is 0 Å². The maximum atomic E-state index is 10.5. The predicted molar refractivity (Wildman–Crippen MR) is 69.9 cm³/mol. The summed E-state index contributed by atoms with van der Waals surface area (Å²) in [6, 6.07) is 8.19. The molecule has 1 aromatic heterocycles. The first-order valence-electron chi connectivity index (χ1n) is 6.52. The van der Waals surface area contributed by atoms with Crippen molar-refractivity contribution in [2.24, 2.45) is 0 Å². The van der Waals surface area contributed by atoms with Gasteiger partial charge in [-0.1, -0.05) is 17.3 Å². The minimum Gasteiger partial charge on any atom is -0.481 e. The molecule has 19 heavy (non-hydrogen) atoms. The van der Waals surface area contributed by atoms with Crippen molar-refractivity contribution in [1.82, 2.24) is 5.16 Å². The smallest absolute Gasteiger partial charge is 0.303 e. The molecule has 4 nitrogen and oxygen atoms in total. The number of hydrogen-bond donors (Lipinski definition) is 1. The van der Waals surface area contributed by atoms with E-state index < -0.39 is 5.97 Å². The fraction of sp³-hybridized carbons (Fsp3) is 0.333. The normalized spacial score (nSPS) is 13.5. The molecule has 0 saturated heterocycles. The largest absolute Gasteiger partial charge is 0.481 e. The lowest BCUT2D eigenvalue weighted by Gasteiger charge is -2.00. The van der Waals surface area contributed by atoms with Crippen LogP contribution < -0.4 is 0 Å². The van der Waals surface area contributed by atoms with E-state index in [9.17, 15) is 4.79 Å². The summed E-state index contributed by atoms with van der Waals surface area (Å²) in [6.45, 7) is 0. The summed E-state index contributed by atoms with van der Waals surface area (Å²) in [4.78, 5) is 10.5. The summed E-state index contributed by atoms with van der Waals surface area (Å²) in [5.41, 5.74) is 4.53. The number of carboxylic acid groups (broad SMARTS) is 1. The third kappa shape index (κ3) is 2.52. The summed E-state index contributed by atoms with van der Waals surface area (Å²) in [7, 11) is 0. The van der Waals surface area contributed by atoms with E-state index in [1.165, 1.54) is 17.5 Å². The Hall–Kier alpha value is -2.10. The van der Waals surface area contributed by atoms with Crippen molar-refractivity contribution in [2.45, 2.75) is 32.1 Å². The van der Waals surface area contributed by atoms with Crippen LogP contribution >= 0.6 is 0 Å². The molecule has 1 heterocycles. The predicted octanol–water partition coefficient (Wildman–Crippen LogP) is 2.85. The number of aromatic nitrogens is 1. The zero-order valence-electron chi connectivity index (χ0n) is 10.6. The summed E-state index contributed by atoms with van der Waals surface area (Å²) < 4.78 is 5.30. The summed E-state index contributed by atoms with van der Waals surface area (Å²) in [5, 5.41) is 12.6. The van der Waals surface area contributed by atoms with Crippen molar-refractivity contribution in [3.05, 3.63) is 41.1 Å². The summed E-state index contributed by atoms with van der Waals surface area (Å²) >= 11 is 0. The maximum absolute atomic E-state index is 10.5. The molecule has 0 bridgehead atoms. The number of rotatable bonds is 4. The zero-order valence-corrected chi connectivity index (χ0v) is 10.6. The molecule has 1 aliphatic rings. The zero-order chi connectivity index (χ0) is 13.2. The number of nitrogens with zero attached hydrogens (tertiary/aromatic N) is 1. The van der Waals surface area contributed by atoms with Crippen LogP contribution in [0.5, 0.6) is 0 Å². The highest BCUT2D eigenvalue weighted by Crippen LogP contribution is 2.28. The van der Waals surface area contributed by atoms with Gasteiger partial charge in [-0.15, -0.1) is 0 Å². The molecule has 0 atom stereocenters. The van der Waals surface area contributed by atoms with Gasteiger partial charge in [-0.25, -0.2) is 0 Å². The molecule has 0 fully saturated rings. The lowest BCUT2D eigenvalue weighted by molar-refractivity contribution is -0.136. The van der Waals surface area contributed by atoms with E-state index in [1.54, 1.807) is 0 Å². The molecule has 1 N–H and O–H groups in total. The van der Waals surface area contributed by atoms with Crippen molar-refractivity contribution in [1.29, 1.82) is 0 Å². The SMILES string of the molecule is O=C(O)CCc1cc(-c2ccc3c(c2)CCC3)on1. The lowest BCUT2D eigenvalue weighted by atomic mass is 10.0. The second-order valence-electron chi connectivity index (χ2n) is 4.91. The number of aryl methyl sites for hydroxylation is 3. The quantitative estimate of drug-likeness (QED) is 0.914. The van der Waals surface area contributed by atoms with Gasteiger partial charge in [0.25, 0.3) is 0 Å². The van der Waals surface area contributed by atoms with Crippen LogP contribution in [-0.4, -0.2) is 16.2 Å². The first kappa shape index (κ1) is 12.0. The van der Waals surface area contributed by atoms with Gasteiger partial charge in [-0.2, -0.15) is 0 Å². The highest BCUT2D eigenvalue weighted by Gasteiger charge is 2.14. The van der Waals surface area contributed by atoms with E-state index >= 15 is 0 Å². The third-order valence-corrected chi connectivity index (χ3v) is 3.54. The first-order valence-corrected chi connectivity index (χ1v) is 6.52. The molecule has 4 heteroatoms. The van der Waals surface area contributed by atoms with Crippen LogP contribution in [0.4, 0.5) is 0 Å². The summed E-state index contributed by atoms with van der Waals surface area (Å²) in [5.74, 6) is -0.0998. The van der Waals surface area contributed by atoms with E-state index in [0.717, 1.165) is 24.2 Å². The number of aliphatic carboxylic acids is 1. The van der Waals surface area contributed by atoms with Crippen molar-refractivity contribution in [2.75, 3.05) is 0 Å². The molecule has 2 aromatic rings. The van der Waals surface area contributed by atoms with Crippen LogP contribution in [0.15, 0.2) is 28.8 Å².